The summed E-state index contributed by atoms with van der Waals surface area (Å²) >= 11 is 0. The van der Waals surface area contributed by atoms with Crippen molar-refractivity contribution in [1.29, 1.82) is 0 Å². The molecule has 0 rings (SSSR count). The largest absolute Gasteiger partial charge is 0.462 e. The fourth-order valence-corrected chi connectivity index (χ4v) is 1.50. The van der Waals surface area contributed by atoms with E-state index in [9.17, 15) is 9.59 Å². The van der Waals surface area contributed by atoms with Gasteiger partial charge in [0.05, 0.1) is 6.61 Å². The molecule has 0 spiro atoms. The highest BCUT2D eigenvalue weighted by Gasteiger charge is 2.26. The normalized spacial score (nSPS) is 13.2. The number of hydrogen-bond donors (Lipinski definition) is 0. The number of hydrogen-bond acceptors (Lipinski definition) is 4. The van der Waals surface area contributed by atoms with Crippen molar-refractivity contribution in [2.45, 2.75) is 59.0 Å². The van der Waals surface area contributed by atoms with Crippen LogP contribution >= 0.6 is 0 Å². The zero-order chi connectivity index (χ0) is 15.8. The van der Waals surface area contributed by atoms with Crippen molar-refractivity contribution in [3.63, 3.8) is 0 Å². The van der Waals surface area contributed by atoms with Gasteiger partial charge in [-0.15, -0.1) is 0 Å². The minimum Gasteiger partial charge on any atom is -0.462 e. The molecule has 0 saturated carbocycles. The molecule has 1 unspecified atom stereocenters. The van der Waals surface area contributed by atoms with E-state index in [0.717, 1.165) is 25.7 Å². The molecule has 0 fully saturated rings. The minimum atomic E-state index is -0.492. The first-order valence-electron chi connectivity index (χ1n) is 6.93. The van der Waals surface area contributed by atoms with Crippen molar-refractivity contribution >= 4 is 11.9 Å². The van der Waals surface area contributed by atoms with Crippen LogP contribution in [0.25, 0.3) is 0 Å². The van der Waals surface area contributed by atoms with Crippen LogP contribution in [0.5, 0.6) is 0 Å². The van der Waals surface area contributed by atoms with Crippen LogP contribution in [0.15, 0.2) is 24.3 Å². The summed E-state index contributed by atoms with van der Waals surface area (Å²) in [6, 6.07) is 0. The highest BCUT2D eigenvalue weighted by molar-refractivity contribution is 5.87. The van der Waals surface area contributed by atoms with E-state index in [1.54, 1.807) is 13.8 Å². The third kappa shape index (κ3) is 7.12. The van der Waals surface area contributed by atoms with Crippen molar-refractivity contribution < 1.29 is 19.1 Å². The maximum Gasteiger partial charge on any atom is 0.333 e. The van der Waals surface area contributed by atoms with Gasteiger partial charge in [0, 0.05) is 11.1 Å². The summed E-state index contributed by atoms with van der Waals surface area (Å²) in [4.78, 5) is 22.7. The van der Waals surface area contributed by atoms with Gasteiger partial charge in [-0.25, -0.2) is 9.59 Å². The molecule has 0 N–H and O–H groups in total. The number of ether oxygens (including phenoxy) is 2. The maximum absolute atomic E-state index is 11.6. The maximum atomic E-state index is 11.6. The summed E-state index contributed by atoms with van der Waals surface area (Å²) in [7, 11) is 0. The second kappa shape index (κ2) is 8.56. The summed E-state index contributed by atoms with van der Waals surface area (Å²) in [6.07, 6.45) is 3.02. The summed E-state index contributed by atoms with van der Waals surface area (Å²) in [5, 5.41) is 0. The van der Waals surface area contributed by atoms with Gasteiger partial charge in [0.1, 0.15) is 5.60 Å². The number of carbonyl (C=O) groups excluding carboxylic acids is 2. The van der Waals surface area contributed by atoms with E-state index in [1.807, 2.05) is 13.8 Å². The average molecular weight is 282 g/mol. The van der Waals surface area contributed by atoms with Crippen LogP contribution in [0.3, 0.4) is 0 Å². The van der Waals surface area contributed by atoms with Crippen LogP contribution in [-0.2, 0) is 19.1 Å². The predicted octanol–water partition coefficient (Wildman–Crippen LogP) is 3.56. The molecule has 0 aliphatic carbocycles. The van der Waals surface area contributed by atoms with Gasteiger partial charge >= 0.3 is 11.9 Å². The molecule has 0 aliphatic heterocycles. The lowest BCUT2D eigenvalue weighted by Gasteiger charge is -2.28. The first-order chi connectivity index (χ1) is 9.22. The summed E-state index contributed by atoms with van der Waals surface area (Å²) in [6.45, 7) is 14.6. The molecule has 114 valence electrons. The fourth-order valence-electron chi connectivity index (χ4n) is 1.50. The molecular formula is C16H26O4. The van der Waals surface area contributed by atoms with Crippen molar-refractivity contribution in [1.82, 2.24) is 0 Å². The van der Waals surface area contributed by atoms with E-state index in [2.05, 4.69) is 13.2 Å². The van der Waals surface area contributed by atoms with Crippen LogP contribution < -0.4 is 0 Å². The molecule has 20 heavy (non-hydrogen) atoms. The van der Waals surface area contributed by atoms with Gasteiger partial charge in [0.15, 0.2) is 0 Å². The number of esters is 2. The smallest absolute Gasteiger partial charge is 0.333 e. The molecule has 0 amide bonds. The Morgan fingerprint density at radius 3 is 2.05 bits per heavy atom. The molecule has 0 bridgehead atoms. The number of unbranched alkanes of at least 4 members (excludes halogenated alkanes) is 1. The standard InChI is InChI=1S/C16H26O4/c1-7-16(6,20-15(18)13(4)5)10-8-9-11-19-14(17)12(2)3/h2,4,7-11H2,1,3,5-6H3. The van der Waals surface area contributed by atoms with Gasteiger partial charge in [-0.3, -0.25) is 0 Å². The van der Waals surface area contributed by atoms with Gasteiger partial charge < -0.3 is 9.47 Å². The number of carbonyl (C=O) groups is 2. The predicted molar refractivity (Wildman–Crippen MR) is 79.2 cm³/mol. The zero-order valence-electron chi connectivity index (χ0n) is 13.1. The summed E-state index contributed by atoms with van der Waals surface area (Å²) in [5.74, 6) is -0.722. The monoisotopic (exact) mass is 282 g/mol. The van der Waals surface area contributed by atoms with Gasteiger partial charge in [-0.1, -0.05) is 20.1 Å². The Labute approximate surface area is 121 Å². The van der Waals surface area contributed by atoms with E-state index in [0.29, 0.717) is 17.8 Å². The van der Waals surface area contributed by atoms with Crippen LogP contribution in [0.4, 0.5) is 0 Å². The highest BCUT2D eigenvalue weighted by Crippen LogP contribution is 2.24. The van der Waals surface area contributed by atoms with Gasteiger partial charge in [0.2, 0.25) is 0 Å². The minimum absolute atomic E-state index is 0.358. The van der Waals surface area contributed by atoms with Gasteiger partial charge in [-0.2, -0.15) is 0 Å². The first-order valence-corrected chi connectivity index (χ1v) is 6.93. The first kappa shape index (κ1) is 18.4. The summed E-state index contributed by atoms with van der Waals surface area (Å²) in [5.41, 5.74) is 0.313. The molecule has 0 aromatic heterocycles. The SMILES string of the molecule is C=C(C)C(=O)OCCCCC(C)(CC)OC(=O)C(=C)C. The highest BCUT2D eigenvalue weighted by atomic mass is 16.6. The fraction of sp³-hybridized carbons (Fsp3) is 0.625. The Balaban J connectivity index is 4.06. The Morgan fingerprint density at radius 2 is 1.60 bits per heavy atom. The zero-order valence-corrected chi connectivity index (χ0v) is 13.1. The Hall–Kier alpha value is -1.58. The molecule has 0 aromatic carbocycles. The lowest BCUT2D eigenvalue weighted by atomic mass is 9.95. The lowest BCUT2D eigenvalue weighted by molar-refractivity contribution is -0.154. The third-order valence-electron chi connectivity index (χ3n) is 3.12. The molecular weight excluding hydrogens is 256 g/mol. The Kier molecular flexibility index (Phi) is 7.89. The Morgan fingerprint density at radius 1 is 1.05 bits per heavy atom. The van der Waals surface area contributed by atoms with E-state index in [4.69, 9.17) is 9.47 Å². The van der Waals surface area contributed by atoms with Crippen molar-refractivity contribution in [3.05, 3.63) is 24.3 Å². The number of rotatable bonds is 9. The van der Waals surface area contributed by atoms with Crippen LogP contribution in [0, 0.1) is 0 Å². The molecule has 0 aromatic rings. The molecule has 4 heteroatoms. The Bertz CT molecular complexity index is 384. The molecule has 0 radical (unpaired) electrons. The summed E-state index contributed by atoms with van der Waals surface area (Å²) < 4.78 is 10.5. The molecule has 0 aliphatic rings. The van der Waals surface area contributed by atoms with E-state index < -0.39 is 5.60 Å². The molecule has 0 saturated heterocycles. The van der Waals surface area contributed by atoms with Crippen molar-refractivity contribution in [2.24, 2.45) is 0 Å². The van der Waals surface area contributed by atoms with Gasteiger partial charge in [0.25, 0.3) is 0 Å². The molecule has 0 heterocycles. The van der Waals surface area contributed by atoms with Crippen LogP contribution in [0.2, 0.25) is 0 Å². The molecule has 1 atom stereocenters. The second-order valence-electron chi connectivity index (χ2n) is 5.35. The average Bonchev–Trinajstić information content (AvgIpc) is 2.37. The molecule has 4 nitrogen and oxygen atoms in total. The van der Waals surface area contributed by atoms with Crippen LogP contribution in [-0.4, -0.2) is 24.1 Å². The van der Waals surface area contributed by atoms with E-state index >= 15 is 0 Å². The van der Waals surface area contributed by atoms with Gasteiger partial charge in [-0.05, 0) is 46.5 Å². The topological polar surface area (TPSA) is 52.6 Å². The van der Waals surface area contributed by atoms with Crippen LogP contribution in [0.1, 0.15) is 53.4 Å². The van der Waals surface area contributed by atoms with E-state index in [1.165, 1.54) is 0 Å². The quantitative estimate of drug-likeness (QED) is 0.368. The van der Waals surface area contributed by atoms with E-state index in [-0.39, 0.29) is 11.9 Å². The second-order valence-corrected chi connectivity index (χ2v) is 5.35. The lowest BCUT2D eigenvalue weighted by Crippen LogP contribution is -2.31. The van der Waals surface area contributed by atoms with Crippen molar-refractivity contribution in [3.8, 4) is 0 Å². The van der Waals surface area contributed by atoms with Crippen molar-refractivity contribution in [2.75, 3.05) is 6.61 Å². The third-order valence-corrected chi connectivity index (χ3v) is 3.12.